The van der Waals surface area contributed by atoms with E-state index in [0.29, 0.717) is 12.0 Å². The Hall–Kier alpha value is -1.03. The molecule has 0 bridgehead atoms. The van der Waals surface area contributed by atoms with Crippen LogP contribution >= 0.6 is 0 Å². The van der Waals surface area contributed by atoms with Crippen LogP contribution in [0.1, 0.15) is 63.5 Å². The van der Waals surface area contributed by atoms with Crippen molar-refractivity contribution in [3.63, 3.8) is 0 Å². The van der Waals surface area contributed by atoms with Gasteiger partial charge in [0.25, 0.3) is 0 Å². The molecule has 0 amide bonds. The second-order valence-electron chi connectivity index (χ2n) is 5.43. The topological polar surface area (TPSA) is 53.1 Å². The predicted octanol–water partition coefficient (Wildman–Crippen LogP) is 2.89. The van der Waals surface area contributed by atoms with Gasteiger partial charge in [0.2, 0.25) is 0 Å². The minimum atomic E-state index is 0.373. The summed E-state index contributed by atoms with van der Waals surface area (Å²) in [4.78, 5) is 4.80. The molecule has 1 fully saturated rings. The van der Waals surface area contributed by atoms with Gasteiger partial charge in [-0.15, -0.1) is 0 Å². The number of hydrogen-bond acceptors (Lipinski definition) is 3. The Balaban J connectivity index is 2.32. The molecule has 1 atom stereocenters. The maximum atomic E-state index is 6.31. The third-order valence-corrected chi connectivity index (χ3v) is 3.59. The molecule has 2 rings (SSSR count). The highest BCUT2D eigenvalue weighted by atomic mass is 16.5. The Morgan fingerprint density at radius 3 is 2.83 bits per heavy atom. The molecule has 1 saturated heterocycles. The molecule has 0 aliphatic carbocycles. The molecule has 2 N–H and O–H groups in total. The average molecular weight is 251 g/mol. The molecule has 4 heteroatoms. The van der Waals surface area contributed by atoms with Crippen LogP contribution in [0.5, 0.6) is 0 Å². The van der Waals surface area contributed by atoms with E-state index >= 15 is 0 Å². The molecule has 18 heavy (non-hydrogen) atoms. The standard InChI is InChI=1S/C14H25N3O/c1-4-6-12-16-13(11-7-5-8-18-9-11)14(15)17(12)10(2)3/h10-11H,4-9,15H2,1-3H3. The normalized spacial score (nSPS) is 20.6. The third-order valence-electron chi connectivity index (χ3n) is 3.59. The van der Waals surface area contributed by atoms with Crippen molar-refractivity contribution < 1.29 is 4.74 Å². The van der Waals surface area contributed by atoms with Crippen LogP contribution in [0.15, 0.2) is 0 Å². The molecule has 0 aromatic carbocycles. The highest BCUT2D eigenvalue weighted by Crippen LogP contribution is 2.31. The van der Waals surface area contributed by atoms with Gasteiger partial charge in [-0.2, -0.15) is 0 Å². The molecule has 102 valence electrons. The first-order valence-corrected chi connectivity index (χ1v) is 7.09. The highest BCUT2D eigenvalue weighted by molar-refractivity contribution is 5.41. The first-order valence-electron chi connectivity index (χ1n) is 7.09. The van der Waals surface area contributed by atoms with Crippen LogP contribution in [-0.2, 0) is 11.2 Å². The number of nitrogen functional groups attached to an aromatic ring is 1. The zero-order valence-corrected chi connectivity index (χ0v) is 11.8. The number of nitrogens with two attached hydrogens (primary N) is 1. The number of rotatable bonds is 4. The van der Waals surface area contributed by atoms with Crippen LogP contribution < -0.4 is 5.73 Å². The maximum Gasteiger partial charge on any atom is 0.127 e. The molecule has 2 heterocycles. The summed E-state index contributed by atoms with van der Waals surface area (Å²) in [7, 11) is 0. The van der Waals surface area contributed by atoms with Gasteiger partial charge in [-0.1, -0.05) is 6.92 Å². The van der Waals surface area contributed by atoms with Gasteiger partial charge >= 0.3 is 0 Å². The molecule has 0 radical (unpaired) electrons. The molecule has 1 aromatic rings. The third kappa shape index (κ3) is 2.53. The fourth-order valence-electron chi connectivity index (χ4n) is 2.75. The molecule has 1 aliphatic rings. The van der Waals surface area contributed by atoms with E-state index in [4.69, 9.17) is 15.5 Å². The Bertz CT molecular complexity index is 392. The SMILES string of the molecule is CCCc1nc(C2CCCOC2)c(N)n1C(C)C. The van der Waals surface area contributed by atoms with Crippen molar-refractivity contribution in [1.82, 2.24) is 9.55 Å². The van der Waals surface area contributed by atoms with E-state index < -0.39 is 0 Å². The van der Waals surface area contributed by atoms with E-state index in [1.54, 1.807) is 0 Å². The largest absolute Gasteiger partial charge is 0.384 e. The van der Waals surface area contributed by atoms with Crippen molar-refractivity contribution in [1.29, 1.82) is 0 Å². The van der Waals surface area contributed by atoms with Gasteiger partial charge in [0, 0.05) is 25.0 Å². The van der Waals surface area contributed by atoms with Crippen molar-refractivity contribution in [2.24, 2.45) is 0 Å². The Morgan fingerprint density at radius 2 is 2.28 bits per heavy atom. The van der Waals surface area contributed by atoms with Crippen molar-refractivity contribution in [3.05, 3.63) is 11.5 Å². The van der Waals surface area contributed by atoms with Gasteiger partial charge in [0.15, 0.2) is 0 Å². The van der Waals surface area contributed by atoms with Crippen LogP contribution in [0.25, 0.3) is 0 Å². The quantitative estimate of drug-likeness (QED) is 0.895. The van der Waals surface area contributed by atoms with Crippen LogP contribution in [0.2, 0.25) is 0 Å². The van der Waals surface area contributed by atoms with Crippen LogP contribution in [0.4, 0.5) is 5.82 Å². The lowest BCUT2D eigenvalue weighted by molar-refractivity contribution is 0.0795. The van der Waals surface area contributed by atoms with Crippen LogP contribution in [0.3, 0.4) is 0 Å². The maximum absolute atomic E-state index is 6.31. The number of imidazole rings is 1. The van der Waals surface area contributed by atoms with E-state index in [0.717, 1.165) is 56.2 Å². The Labute approximate surface area is 110 Å². The monoisotopic (exact) mass is 251 g/mol. The van der Waals surface area contributed by atoms with Crippen molar-refractivity contribution in [3.8, 4) is 0 Å². The lowest BCUT2D eigenvalue weighted by Crippen LogP contribution is -2.17. The summed E-state index contributed by atoms with van der Waals surface area (Å²) in [5, 5.41) is 0. The smallest absolute Gasteiger partial charge is 0.127 e. The van der Waals surface area contributed by atoms with Gasteiger partial charge in [0.1, 0.15) is 11.6 Å². The molecular formula is C14H25N3O. The molecule has 1 aromatic heterocycles. The molecule has 1 aliphatic heterocycles. The number of aromatic nitrogens is 2. The van der Waals surface area contributed by atoms with E-state index in [2.05, 4.69) is 25.3 Å². The fraction of sp³-hybridized carbons (Fsp3) is 0.786. The van der Waals surface area contributed by atoms with Crippen molar-refractivity contribution >= 4 is 5.82 Å². The summed E-state index contributed by atoms with van der Waals surface area (Å²) in [5.41, 5.74) is 7.37. The summed E-state index contributed by atoms with van der Waals surface area (Å²) in [6.45, 7) is 8.16. The molecule has 0 saturated carbocycles. The van der Waals surface area contributed by atoms with Gasteiger partial charge in [0.05, 0.1) is 12.3 Å². The first-order chi connectivity index (χ1) is 8.65. The summed E-state index contributed by atoms with van der Waals surface area (Å²) in [6, 6.07) is 0.373. The zero-order chi connectivity index (χ0) is 13.1. The lowest BCUT2D eigenvalue weighted by atomic mass is 9.98. The summed E-state index contributed by atoms with van der Waals surface area (Å²) in [5.74, 6) is 2.36. The van der Waals surface area contributed by atoms with Gasteiger partial charge in [-0.05, 0) is 33.1 Å². The Kier molecular flexibility index (Phi) is 4.27. The molecule has 1 unspecified atom stereocenters. The molecule has 0 spiro atoms. The number of nitrogens with zero attached hydrogens (tertiary/aromatic N) is 2. The summed E-state index contributed by atoms with van der Waals surface area (Å²) < 4.78 is 7.74. The number of anilines is 1. The van der Waals surface area contributed by atoms with Crippen molar-refractivity contribution in [2.75, 3.05) is 18.9 Å². The molecular weight excluding hydrogens is 226 g/mol. The molecule has 4 nitrogen and oxygen atoms in total. The van der Waals surface area contributed by atoms with Gasteiger partial charge in [-0.3, -0.25) is 0 Å². The van der Waals surface area contributed by atoms with E-state index in [9.17, 15) is 0 Å². The second kappa shape index (κ2) is 5.74. The number of ether oxygens (including phenoxy) is 1. The zero-order valence-electron chi connectivity index (χ0n) is 11.8. The van der Waals surface area contributed by atoms with Gasteiger partial charge in [-0.25, -0.2) is 4.98 Å². The highest BCUT2D eigenvalue weighted by Gasteiger charge is 2.25. The fourth-order valence-corrected chi connectivity index (χ4v) is 2.75. The van der Waals surface area contributed by atoms with E-state index in [-0.39, 0.29) is 0 Å². The first kappa shape index (κ1) is 13.4. The average Bonchev–Trinajstić information content (AvgIpc) is 2.68. The second-order valence-corrected chi connectivity index (χ2v) is 5.43. The number of hydrogen-bond donors (Lipinski definition) is 1. The number of aryl methyl sites for hydroxylation is 1. The minimum absolute atomic E-state index is 0.373. The van der Waals surface area contributed by atoms with Crippen molar-refractivity contribution in [2.45, 2.75) is 58.4 Å². The predicted molar refractivity (Wildman–Crippen MR) is 73.8 cm³/mol. The Morgan fingerprint density at radius 1 is 1.50 bits per heavy atom. The summed E-state index contributed by atoms with van der Waals surface area (Å²) >= 11 is 0. The summed E-state index contributed by atoms with van der Waals surface area (Å²) in [6.07, 6.45) is 4.35. The minimum Gasteiger partial charge on any atom is -0.384 e. The van der Waals surface area contributed by atoms with E-state index in [1.165, 1.54) is 0 Å². The lowest BCUT2D eigenvalue weighted by Gasteiger charge is -2.21. The van der Waals surface area contributed by atoms with Gasteiger partial charge < -0.3 is 15.0 Å². The van der Waals surface area contributed by atoms with Crippen LogP contribution in [-0.4, -0.2) is 22.8 Å². The van der Waals surface area contributed by atoms with Crippen LogP contribution in [0, 0.1) is 0 Å². The van der Waals surface area contributed by atoms with E-state index in [1.807, 2.05) is 0 Å².